The summed E-state index contributed by atoms with van der Waals surface area (Å²) in [7, 11) is -4.37. The van der Waals surface area contributed by atoms with Crippen molar-refractivity contribution in [2.24, 2.45) is 0 Å². The van der Waals surface area contributed by atoms with Crippen molar-refractivity contribution in [1.82, 2.24) is 9.21 Å². The summed E-state index contributed by atoms with van der Waals surface area (Å²) in [6, 6.07) is 8.48. The molecule has 0 atom stereocenters. The number of carbonyl (C=O) groups excluding carboxylic acids is 1. The molecule has 2 aliphatic rings. The van der Waals surface area contributed by atoms with Crippen molar-refractivity contribution in [3.63, 3.8) is 0 Å². The van der Waals surface area contributed by atoms with E-state index < -0.39 is 37.8 Å². The van der Waals surface area contributed by atoms with Crippen LogP contribution in [-0.4, -0.2) is 49.7 Å². The highest BCUT2D eigenvalue weighted by atomic mass is 35.5. The Bertz CT molecular complexity index is 1130. The Hall–Kier alpha value is -2.10. The van der Waals surface area contributed by atoms with E-state index in [9.17, 15) is 26.4 Å². The van der Waals surface area contributed by atoms with Crippen LogP contribution in [0.4, 0.5) is 13.2 Å². The van der Waals surface area contributed by atoms with Gasteiger partial charge in [-0.2, -0.15) is 4.31 Å². The fraction of sp³-hybridized carbons (Fsp3) is 0.381. The van der Waals surface area contributed by atoms with Crippen molar-refractivity contribution in [2.75, 3.05) is 26.2 Å². The molecule has 1 aliphatic heterocycles. The van der Waals surface area contributed by atoms with Gasteiger partial charge in [0.05, 0.1) is 5.41 Å². The van der Waals surface area contributed by atoms with E-state index in [-0.39, 0.29) is 32.1 Å². The molecule has 0 spiro atoms. The Balaban J connectivity index is 1.51. The number of halogens is 4. The van der Waals surface area contributed by atoms with Crippen LogP contribution in [0.15, 0.2) is 41.3 Å². The maximum absolute atomic E-state index is 14.1. The van der Waals surface area contributed by atoms with Crippen LogP contribution in [0.2, 0.25) is 5.02 Å². The average molecular weight is 473 g/mol. The fourth-order valence-electron chi connectivity index (χ4n) is 4.22. The Morgan fingerprint density at radius 3 is 2.23 bits per heavy atom. The normalized spacial score (nSPS) is 19.2. The Morgan fingerprint density at radius 1 is 0.968 bits per heavy atom. The summed E-state index contributed by atoms with van der Waals surface area (Å²) in [4.78, 5) is 14.0. The molecule has 0 unspecified atom stereocenters. The van der Waals surface area contributed by atoms with E-state index in [2.05, 4.69) is 0 Å². The summed E-state index contributed by atoms with van der Waals surface area (Å²) in [6.07, 6.45) is 2.28. The molecular formula is C21H20ClF3N2O3S. The maximum Gasteiger partial charge on any atom is 0.246 e. The highest BCUT2D eigenvalue weighted by Crippen LogP contribution is 2.46. The Labute approximate surface area is 183 Å². The summed E-state index contributed by atoms with van der Waals surface area (Å²) in [5, 5.41) is 0.543. The van der Waals surface area contributed by atoms with E-state index in [4.69, 9.17) is 11.6 Å². The zero-order valence-corrected chi connectivity index (χ0v) is 18.0. The maximum atomic E-state index is 14.1. The quantitative estimate of drug-likeness (QED) is 0.637. The molecule has 1 saturated carbocycles. The topological polar surface area (TPSA) is 57.7 Å². The van der Waals surface area contributed by atoms with Crippen LogP contribution in [0.1, 0.15) is 24.8 Å². The standard InChI is InChI=1S/C21H20ClF3N2O3S/c22-15-4-1-3-14(13-15)21(7-2-8-21)20(28)26-9-11-27(12-10-26)31(29,30)17-6-5-16(23)18(24)19(17)25/h1,3-6,13H,2,7-12H2. The molecule has 1 aliphatic carbocycles. The summed E-state index contributed by atoms with van der Waals surface area (Å²) < 4.78 is 67.2. The Morgan fingerprint density at radius 2 is 1.65 bits per heavy atom. The van der Waals surface area contributed by atoms with Gasteiger partial charge >= 0.3 is 0 Å². The molecule has 0 bridgehead atoms. The van der Waals surface area contributed by atoms with Crippen LogP contribution in [0.3, 0.4) is 0 Å². The average Bonchev–Trinajstić information content (AvgIpc) is 2.71. The van der Waals surface area contributed by atoms with Gasteiger partial charge in [0, 0.05) is 31.2 Å². The van der Waals surface area contributed by atoms with Crippen molar-refractivity contribution >= 4 is 27.5 Å². The molecule has 1 amide bonds. The van der Waals surface area contributed by atoms with Crippen LogP contribution in [0.25, 0.3) is 0 Å². The van der Waals surface area contributed by atoms with Crippen molar-refractivity contribution in [3.8, 4) is 0 Å². The SMILES string of the molecule is O=C(N1CCN(S(=O)(=O)c2ccc(F)c(F)c2F)CC1)C1(c2cccc(Cl)c2)CCC1. The third kappa shape index (κ3) is 3.72. The van der Waals surface area contributed by atoms with Gasteiger partial charge < -0.3 is 4.90 Å². The van der Waals surface area contributed by atoms with Gasteiger partial charge in [0.15, 0.2) is 17.5 Å². The van der Waals surface area contributed by atoms with E-state index >= 15 is 0 Å². The summed E-state index contributed by atoms with van der Waals surface area (Å²) in [6.45, 7) is 0.0909. The number of piperazine rings is 1. The molecule has 1 heterocycles. The fourth-order valence-corrected chi connectivity index (χ4v) is 5.89. The summed E-state index contributed by atoms with van der Waals surface area (Å²) in [5.41, 5.74) is 0.174. The van der Waals surface area contributed by atoms with E-state index in [1.54, 1.807) is 23.1 Å². The minimum Gasteiger partial charge on any atom is -0.339 e. The molecule has 2 aromatic carbocycles. The molecule has 10 heteroatoms. The number of nitrogens with zero attached hydrogens (tertiary/aromatic N) is 2. The molecule has 4 rings (SSSR count). The predicted molar refractivity (Wildman–Crippen MR) is 109 cm³/mol. The third-order valence-electron chi connectivity index (χ3n) is 6.14. The van der Waals surface area contributed by atoms with Crippen molar-refractivity contribution in [1.29, 1.82) is 0 Å². The summed E-state index contributed by atoms with van der Waals surface area (Å²) in [5.74, 6) is -5.12. The van der Waals surface area contributed by atoms with E-state index in [0.29, 0.717) is 30.0 Å². The first-order chi connectivity index (χ1) is 14.7. The number of hydrogen-bond acceptors (Lipinski definition) is 3. The molecule has 2 aromatic rings. The van der Waals surface area contributed by atoms with Crippen LogP contribution in [0, 0.1) is 17.5 Å². The van der Waals surface area contributed by atoms with Gasteiger partial charge in [-0.25, -0.2) is 21.6 Å². The first-order valence-electron chi connectivity index (χ1n) is 9.86. The van der Waals surface area contributed by atoms with Gasteiger partial charge in [0.25, 0.3) is 0 Å². The number of amides is 1. The van der Waals surface area contributed by atoms with E-state index in [0.717, 1.165) is 16.3 Å². The Kier molecular flexibility index (Phi) is 5.78. The highest BCUT2D eigenvalue weighted by molar-refractivity contribution is 7.89. The number of carbonyl (C=O) groups is 1. The molecular weight excluding hydrogens is 453 g/mol. The molecule has 31 heavy (non-hydrogen) atoms. The number of sulfonamides is 1. The molecule has 1 saturated heterocycles. The lowest BCUT2D eigenvalue weighted by Gasteiger charge is -2.46. The number of rotatable bonds is 4. The van der Waals surface area contributed by atoms with Gasteiger partial charge in [0.2, 0.25) is 15.9 Å². The molecule has 2 fully saturated rings. The van der Waals surface area contributed by atoms with Gasteiger partial charge in [-0.05, 0) is 42.7 Å². The highest BCUT2D eigenvalue weighted by Gasteiger charge is 2.48. The predicted octanol–water partition coefficient (Wildman–Crippen LogP) is 3.71. The van der Waals surface area contributed by atoms with Crippen molar-refractivity contribution in [3.05, 3.63) is 64.4 Å². The van der Waals surface area contributed by atoms with Gasteiger partial charge in [-0.15, -0.1) is 0 Å². The van der Waals surface area contributed by atoms with E-state index in [1.165, 1.54) is 0 Å². The molecule has 166 valence electrons. The lowest BCUT2D eigenvalue weighted by molar-refractivity contribution is -0.142. The smallest absolute Gasteiger partial charge is 0.246 e. The molecule has 0 N–H and O–H groups in total. The van der Waals surface area contributed by atoms with Crippen LogP contribution >= 0.6 is 11.6 Å². The van der Waals surface area contributed by atoms with E-state index in [1.807, 2.05) is 6.07 Å². The van der Waals surface area contributed by atoms with Crippen molar-refractivity contribution in [2.45, 2.75) is 29.6 Å². The second-order valence-electron chi connectivity index (χ2n) is 7.82. The second kappa shape index (κ2) is 8.11. The summed E-state index contributed by atoms with van der Waals surface area (Å²) >= 11 is 6.10. The zero-order valence-electron chi connectivity index (χ0n) is 16.5. The lowest BCUT2D eigenvalue weighted by atomic mass is 9.63. The van der Waals surface area contributed by atoms with Crippen LogP contribution in [0.5, 0.6) is 0 Å². The van der Waals surface area contributed by atoms with Gasteiger partial charge in [0.1, 0.15) is 4.90 Å². The first kappa shape index (κ1) is 22.1. The molecule has 0 aromatic heterocycles. The monoisotopic (exact) mass is 472 g/mol. The minimum absolute atomic E-state index is 0.0713. The van der Waals surface area contributed by atoms with Gasteiger partial charge in [-0.3, -0.25) is 4.79 Å². The molecule has 5 nitrogen and oxygen atoms in total. The van der Waals surface area contributed by atoms with Crippen LogP contribution in [-0.2, 0) is 20.2 Å². The zero-order chi connectivity index (χ0) is 22.4. The number of benzene rings is 2. The minimum atomic E-state index is -4.37. The van der Waals surface area contributed by atoms with Gasteiger partial charge in [-0.1, -0.05) is 30.2 Å². The largest absolute Gasteiger partial charge is 0.339 e. The van der Waals surface area contributed by atoms with Crippen LogP contribution < -0.4 is 0 Å². The lowest BCUT2D eigenvalue weighted by Crippen LogP contribution is -2.57. The first-order valence-corrected chi connectivity index (χ1v) is 11.7. The third-order valence-corrected chi connectivity index (χ3v) is 8.29. The number of hydrogen-bond donors (Lipinski definition) is 0. The van der Waals surface area contributed by atoms with Crippen molar-refractivity contribution < 1.29 is 26.4 Å². The second-order valence-corrected chi connectivity index (χ2v) is 10.2. The molecule has 0 radical (unpaired) electrons.